The van der Waals surface area contributed by atoms with Crippen molar-refractivity contribution in [1.29, 1.82) is 0 Å². The van der Waals surface area contributed by atoms with Gasteiger partial charge in [-0.3, -0.25) is 10.1 Å². The van der Waals surface area contributed by atoms with Crippen LogP contribution in [0.5, 0.6) is 0 Å². The SMILES string of the molecule is O=C(O)N1CCC2(CC1)CCN(c1ccc([N+](=O)[O-])cc1)CC2. The highest BCUT2D eigenvalue weighted by atomic mass is 16.6. The molecule has 1 amide bonds. The summed E-state index contributed by atoms with van der Waals surface area (Å²) in [5.41, 5.74) is 1.40. The molecular formula is C16H21N3O4. The van der Waals surface area contributed by atoms with Crippen molar-refractivity contribution in [3.8, 4) is 0 Å². The van der Waals surface area contributed by atoms with Crippen molar-refractivity contribution in [3.05, 3.63) is 34.4 Å². The van der Waals surface area contributed by atoms with Crippen molar-refractivity contribution in [1.82, 2.24) is 4.90 Å². The van der Waals surface area contributed by atoms with Crippen LogP contribution in [0.3, 0.4) is 0 Å². The zero-order valence-electron chi connectivity index (χ0n) is 13.0. The Balaban J connectivity index is 1.58. The number of nitrogens with zero attached hydrogens (tertiary/aromatic N) is 3. The number of hydrogen-bond donors (Lipinski definition) is 1. The van der Waals surface area contributed by atoms with Crippen LogP contribution in [0.1, 0.15) is 25.7 Å². The Labute approximate surface area is 134 Å². The zero-order valence-corrected chi connectivity index (χ0v) is 13.0. The summed E-state index contributed by atoms with van der Waals surface area (Å²) in [6.45, 7) is 3.11. The molecule has 0 saturated carbocycles. The Bertz CT molecular complexity index is 584. The van der Waals surface area contributed by atoms with Crippen LogP contribution in [0.15, 0.2) is 24.3 Å². The highest BCUT2D eigenvalue weighted by molar-refractivity contribution is 5.65. The molecule has 0 aliphatic carbocycles. The second-order valence-electron chi connectivity index (χ2n) is 6.53. The molecule has 7 nitrogen and oxygen atoms in total. The Kier molecular flexibility index (Phi) is 4.11. The van der Waals surface area contributed by atoms with Gasteiger partial charge in [0.1, 0.15) is 0 Å². The summed E-state index contributed by atoms with van der Waals surface area (Å²) >= 11 is 0. The molecular weight excluding hydrogens is 298 g/mol. The van der Waals surface area contributed by atoms with Gasteiger partial charge in [-0.1, -0.05) is 0 Å². The van der Waals surface area contributed by atoms with Gasteiger partial charge in [0.2, 0.25) is 0 Å². The third-order valence-electron chi connectivity index (χ3n) is 5.34. The predicted octanol–water partition coefficient (Wildman–Crippen LogP) is 2.96. The Morgan fingerprint density at radius 3 is 2.04 bits per heavy atom. The monoisotopic (exact) mass is 319 g/mol. The van der Waals surface area contributed by atoms with E-state index < -0.39 is 6.09 Å². The Hall–Kier alpha value is -2.31. The van der Waals surface area contributed by atoms with E-state index in [1.54, 1.807) is 12.1 Å². The number of hydrogen-bond acceptors (Lipinski definition) is 4. The van der Waals surface area contributed by atoms with E-state index >= 15 is 0 Å². The molecule has 0 aromatic heterocycles. The van der Waals surface area contributed by atoms with Crippen LogP contribution in [-0.2, 0) is 0 Å². The molecule has 2 heterocycles. The lowest BCUT2D eigenvalue weighted by molar-refractivity contribution is -0.384. The van der Waals surface area contributed by atoms with Crippen molar-refractivity contribution in [3.63, 3.8) is 0 Å². The average molecular weight is 319 g/mol. The second kappa shape index (κ2) is 6.06. The van der Waals surface area contributed by atoms with Crippen LogP contribution >= 0.6 is 0 Å². The number of rotatable bonds is 2. The van der Waals surface area contributed by atoms with E-state index in [9.17, 15) is 14.9 Å². The van der Waals surface area contributed by atoms with Crippen LogP contribution in [0.2, 0.25) is 0 Å². The fourth-order valence-electron chi connectivity index (χ4n) is 3.70. The van der Waals surface area contributed by atoms with Gasteiger partial charge in [0.05, 0.1) is 4.92 Å². The molecule has 1 aromatic rings. The van der Waals surface area contributed by atoms with Crippen LogP contribution in [0.4, 0.5) is 16.2 Å². The smallest absolute Gasteiger partial charge is 0.407 e. The summed E-state index contributed by atoms with van der Waals surface area (Å²) in [7, 11) is 0. The van der Waals surface area contributed by atoms with Gasteiger partial charge in [-0.2, -0.15) is 0 Å². The van der Waals surface area contributed by atoms with Crippen molar-refractivity contribution in [2.24, 2.45) is 5.41 Å². The third kappa shape index (κ3) is 3.23. The van der Waals surface area contributed by atoms with Gasteiger partial charge < -0.3 is 14.9 Å². The van der Waals surface area contributed by atoms with E-state index in [1.165, 1.54) is 4.90 Å². The van der Waals surface area contributed by atoms with E-state index in [2.05, 4.69) is 4.90 Å². The fraction of sp³-hybridized carbons (Fsp3) is 0.562. The van der Waals surface area contributed by atoms with E-state index in [1.807, 2.05) is 12.1 Å². The lowest BCUT2D eigenvalue weighted by atomic mass is 9.71. The largest absolute Gasteiger partial charge is 0.465 e. The van der Waals surface area contributed by atoms with Crippen molar-refractivity contribution in [2.45, 2.75) is 25.7 Å². The molecule has 0 bridgehead atoms. The molecule has 0 unspecified atom stereocenters. The first-order chi connectivity index (χ1) is 11.0. The van der Waals surface area contributed by atoms with Gasteiger partial charge >= 0.3 is 6.09 Å². The van der Waals surface area contributed by atoms with Crippen molar-refractivity contribution in [2.75, 3.05) is 31.1 Å². The molecule has 0 atom stereocenters. The molecule has 0 radical (unpaired) electrons. The first-order valence-corrected chi connectivity index (χ1v) is 7.96. The van der Waals surface area contributed by atoms with Crippen LogP contribution < -0.4 is 4.90 Å². The minimum atomic E-state index is -0.817. The number of carboxylic acid groups (broad SMARTS) is 1. The summed E-state index contributed by atoms with van der Waals surface area (Å²) < 4.78 is 0. The summed E-state index contributed by atoms with van der Waals surface area (Å²) in [5, 5.41) is 19.8. The first kappa shape index (κ1) is 15.6. The quantitative estimate of drug-likeness (QED) is 0.669. The molecule has 1 N–H and O–H groups in total. The Morgan fingerprint density at radius 1 is 1.04 bits per heavy atom. The van der Waals surface area contributed by atoms with Gasteiger partial charge in [-0.25, -0.2) is 4.79 Å². The number of anilines is 1. The molecule has 2 aliphatic rings. The predicted molar refractivity (Wildman–Crippen MR) is 85.8 cm³/mol. The number of non-ortho nitro benzene ring substituents is 1. The topological polar surface area (TPSA) is 86.9 Å². The first-order valence-electron chi connectivity index (χ1n) is 7.96. The summed E-state index contributed by atoms with van der Waals surface area (Å²) in [5.74, 6) is 0. The summed E-state index contributed by atoms with van der Waals surface area (Å²) in [6, 6.07) is 6.71. The number of nitro groups is 1. The number of benzene rings is 1. The lowest BCUT2D eigenvalue weighted by Gasteiger charge is -2.46. The molecule has 23 heavy (non-hydrogen) atoms. The van der Waals surface area contributed by atoms with E-state index in [-0.39, 0.29) is 16.0 Å². The Morgan fingerprint density at radius 2 is 1.57 bits per heavy atom. The maximum absolute atomic E-state index is 11.0. The van der Waals surface area contributed by atoms with Crippen LogP contribution in [-0.4, -0.2) is 47.2 Å². The highest BCUT2D eigenvalue weighted by Gasteiger charge is 2.38. The molecule has 2 saturated heterocycles. The second-order valence-corrected chi connectivity index (χ2v) is 6.53. The van der Waals surface area contributed by atoms with Gasteiger partial charge in [-0.05, 0) is 43.2 Å². The molecule has 7 heteroatoms. The molecule has 2 aliphatic heterocycles. The molecule has 3 rings (SSSR count). The number of nitro benzene ring substituents is 1. The van der Waals surface area contributed by atoms with Gasteiger partial charge in [0.25, 0.3) is 5.69 Å². The molecule has 2 fully saturated rings. The van der Waals surface area contributed by atoms with Crippen LogP contribution in [0.25, 0.3) is 0 Å². The molecule has 1 aromatic carbocycles. The summed E-state index contributed by atoms with van der Waals surface area (Å²) in [6.07, 6.45) is 3.17. The average Bonchev–Trinajstić information content (AvgIpc) is 2.56. The minimum Gasteiger partial charge on any atom is -0.465 e. The summed E-state index contributed by atoms with van der Waals surface area (Å²) in [4.78, 5) is 25.1. The van der Waals surface area contributed by atoms with E-state index in [0.717, 1.165) is 44.5 Å². The fourth-order valence-corrected chi connectivity index (χ4v) is 3.70. The van der Waals surface area contributed by atoms with Gasteiger partial charge in [0, 0.05) is 44.0 Å². The number of carbonyl (C=O) groups is 1. The zero-order chi connectivity index (χ0) is 16.4. The number of piperidine rings is 2. The van der Waals surface area contributed by atoms with E-state index in [0.29, 0.717) is 13.1 Å². The third-order valence-corrected chi connectivity index (χ3v) is 5.34. The highest BCUT2D eigenvalue weighted by Crippen LogP contribution is 2.42. The minimum absolute atomic E-state index is 0.114. The van der Waals surface area contributed by atoms with Crippen molar-refractivity contribution >= 4 is 17.5 Å². The number of likely N-dealkylation sites (tertiary alicyclic amines) is 1. The molecule has 124 valence electrons. The van der Waals surface area contributed by atoms with Gasteiger partial charge in [-0.15, -0.1) is 0 Å². The van der Waals surface area contributed by atoms with E-state index in [4.69, 9.17) is 5.11 Å². The van der Waals surface area contributed by atoms with Gasteiger partial charge in [0.15, 0.2) is 0 Å². The van der Waals surface area contributed by atoms with Crippen molar-refractivity contribution < 1.29 is 14.8 Å². The standard InChI is InChI=1S/C16H21N3O4/c20-15(21)18-11-7-16(8-12-18)5-9-17(10-6-16)13-1-3-14(4-2-13)19(22)23/h1-4H,5-12H2,(H,20,21). The molecule has 1 spiro atoms. The lowest BCUT2D eigenvalue weighted by Crippen LogP contribution is -2.48. The van der Waals surface area contributed by atoms with Crippen LogP contribution in [0, 0.1) is 15.5 Å². The number of amides is 1. The normalized spacial score (nSPS) is 20.5. The maximum atomic E-state index is 11.0. The maximum Gasteiger partial charge on any atom is 0.407 e.